The summed E-state index contributed by atoms with van der Waals surface area (Å²) in [6.07, 6.45) is 2.00. The van der Waals surface area contributed by atoms with Crippen LogP contribution >= 0.6 is 0 Å². The molecule has 0 unspecified atom stereocenters. The van der Waals surface area contributed by atoms with Crippen molar-refractivity contribution in [3.63, 3.8) is 0 Å². The van der Waals surface area contributed by atoms with E-state index in [0.717, 1.165) is 28.3 Å². The Morgan fingerprint density at radius 2 is 1.87 bits per heavy atom. The van der Waals surface area contributed by atoms with Crippen LogP contribution in [0.1, 0.15) is 37.8 Å². The molecule has 0 radical (unpaired) electrons. The zero-order chi connectivity index (χ0) is 21.7. The van der Waals surface area contributed by atoms with Gasteiger partial charge < -0.3 is 20.8 Å². The first-order valence-electron chi connectivity index (χ1n) is 10.2. The maximum absolute atomic E-state index is 12.5. The summed E-state index contributed by atoms with van der Waals surface area (Å²) < 4.78 is 5.45. The van der Waals surface area contributed by atoms with Gasteiger partial charge in [-0.1, -0.05) is 26.0 Å². The van der Waals surface area contributed by atoms with Crippen molar-refractivity contribution in [3.8, 4) is 0 Å². The minimum atomic E-state index is -0.259. The number of nitrogens with zero attached hydrogens (tertiary/aromatic N) is 2. The first-order valence-corrected chi connectivity index (χ1v) is 10.2. The predicted molar refractivity (Wildman–Crippen MR) is 122 cm³/mol. The van der Waals surface area contributed by atoms with E-state index >= 15 is 0 Å². The van der Waals surface area contributed by atoms with Crippen molar-refractivity contribution in [3.05, 3.63) is 65.5 Å². The van der Waals surface area contributed by atoms with Gasteiger partial charge in [-0.3, -0.25) is 5.01 Å². The van der Waals surface area contributed by atoms with E-state index in [-0.39, 0.29) is 6.03 Å². The summed E-state index contributed by atoms with van der Waals surface area (Å²) >= 11 is 0. The number of hydrogen-bond donors (Lipinski definition) is 3. The summed E-state index contributed by atoms with van der Waals surface area (Å²) in [6, 6.07) is 13.6. The maximum Gasteiger partial charge on any atom is 0.323 e. The molecular weight excluding hydrogens is 378 g/mol. The molecule has 0 saturated carbocycles. The van der Waals surface area contributed by atoms with Gasteiger partial charge in [-0.25, -0.2) is 4.79 Å². The Morgan fingerprint density at radius 1 is 1.13 bits per heavy atom. The number of ether oxygens (including phenoxy) is 1. The van der Waals surface area contributed by atoms with Gasteiger partial charge in [-0.2, -0.15) is 0 Å². The minimum absolute atomic E-state index is 0.259. The molecule has 2 amide bonds. The van der Waals surface area contributed by atoms with Crippen LogP contribution in [0.15, 0.2) is 54.4 Å². The van der Waals surface area contributed by atoms with E-state index in [9.17, 15) is 4.79 Å². The van der Waals surface area contributed by atoms with Gasteiger partial charge in [-0.15, -0.1) is 5.12 Å². The van der Waals surface area contributed by atoms with Crippen LogP contribution in [-0.2, 0) is 4.74 Å². The Kier molecular flexibility index (Phi) is 6.97. The molecule has 7 nitrogen and oxygen atoms in total. The summed E-state index contributed by atoms with van der Waals surface area (Å²) in [5.74, 6) is 0.406. The van der Waals surface area contributed by atoms with E-state index in [1.807, 2.05) is 73.6 Å². The lowest BCUT2D eigenvalue weighted by Gasteiger charge is -2.24. The Morgan fingerprint density at radius 3 is 2.53 bits per heavy atom. The van der Waals surface area contributed by atoms with Crippen LogP contribution in [0.3, 0.4) is 0 Å². The Labute approximate surface area is 178 Å². The molecule has 0 aromatic heterocycles. The van der Waals surface area contributed by atoms with Crippen LogP contribution in [0, 0.1) is 6.92 Å². The van der Waals surface area contributed by atoms with Crippen LogP contribution < -0.4 is 21.1 Å². The number of urea groups is 1. The molecule has 0 atom stereocenters. The van der Waals surface area contributed by atoms with Gasteiger partial charge in [0.15, 0.2) is 0 Å². The third-order valence-electron chi connectivity index (χ3n) is 4.93. The molecule has 7 heteroatoms. The number of amides is 2. The smallest absolute Gasteiger partial charge is 0.323 e. The quantitative estimate of drug-likeness (QED) is 0.612. The average Bonchev–Trinajstić information content (AvgIpc) is 3.09. The molecule has 160 valence electrons. The fourth-order valence-corrected chi connectivity index (χ4v) is 3.17. The lowest BCUT2D eigenvalue weighted by atomic mass is 10.0. The topological polar surface area (TPSA) is 68.9 Å². The van der Waals surface area contributed by atoms with E-state index in [2.05, 4.69) is 36.0 Å². The van der Waals surface area contributed by atoms with Crippen molar-refractivity contribution in [2.24, 2.45) is 0 Å². The van der Waals surface area contributed by atoms with Crippen molar-refractivity contribution in [1.82, 2.24) is 10.5 Å². The molecule has 2 aromatic rings. The van der Waals surface area contributed by atoms with E-state index in [4.69, 9.17) is 4.74 Å². The monoisotopic (exact) mass is 409 g/mol. The molecule has 0 fully saturated rings. The molecule has 2 aromatic carbocycles. The molecule has 30 heavy (non-hydrogen) atoms. The SMILES string of the molecule is CCOCC1=CN(c2ccc(NC(=O)Nc3cc(C(C)C)ccc3C)cc2)N(C)N1. The molecule has 0 saturated heterocycles. The van der Waals surface area contributed by atoms with Gasteiger partial charge in [0.05, 0.1) is 18.0 Å². The minimum Gasteiger partial charge on any atom is -0.375 e. The van der Waals surface area contributed by atoms with Crippen molar-refractivity contribution >= 4 is 23.1 Å². The number of carbonyl (C=O) groups is 1. The molecule has 3 N–H and O–H groups in total. The third kappa shape index (κ3) is 5.31. The average molecular weight is 410 g/mol. The van der Waals surface area contributed by atoms with Gasteiger partial charge >= 0.3 is 6.03 Å². The van der Waals surface area contributed by atoms with Crippen LogP contribution in [-0.4, -0.2) is 31.4 Å². The number of anilines is 3. The summed E-state index contributed by atoms with van der Waals surface area (Å²) in [5.41, 5.74) is 8.98. The number of carbonyl (C=O) groups excluding carboxylic acids is 1. The van der Waals surface area contributed by atoms with Gasteiger partial charge in [0, 0.05) is 31.2 Å². The fraction of sp³-hybridized carbons (Fsp3) is 0.348. The molecule has 0 spiro atoms. The first kappa shape index (κ1) is 21.7. The fourth-order valence-electron chi connectivity index (χ4n) is 3.17. The van der Waals surface area contributed by atoms with Crippen LogP contribution in [0.2, 0.25) is 0 Å². The van der Waals surface area contributed by atoms with Crippen molar-refractivity contribution in [2.45, 2.75) is 33.6 Å². The molecule has 1 aliphatic heterocycles. The number of benzene rings is 2. The highest BCUT2D eigenvalue weighted by molar-refractivity contribution is 6.00. The van der Waals surface area contributed by atoms with Crippen LogP contribution in [0.4, 0.5) is 21.9 Å². The summed E-state index contributed by atoms with van der Waals surface area (Å²) in [4.78, 5) is 12.5. The van der Waals surface area contributed by atoms with Crippen LogP contribution in [0.5, 0.6) is 0 Å². The zero-order valence-corrected chi connectivity index (χ0v) is 18.3. The second-order valence-electron chi connectivity index (χ2n) is 7.63. The van der Waals surface area contributed by atoms with E-state index in [1.165, 1.54) is 5.56 Å². The Balaban J connectivity index is 1.63. The highest BCUT2D eigenvalue weighted by Gasteiger charge is 2.19. The van der Waals surface area contributed by atoms with Gasteiger partial charge in [0.25, 0.3) is 0 Å². The van der Waals surface area contributed by atoms with E-state index in [1.54, 1.807) is 0 Å². The van der Waals surface area contributed by atoms with Crippen molar-refractivity contribution in [1.29, 1.82) is 0 Å². The first-order chi connectivity index (χ1) is 14.4. The standard InChI is InChI=1S/C23H31N5O2/c1-6-30-15-20-14-28(27(5)26-20)21-11-9-19(10-12-21)24-23(29)25-22-13-18(16(2)3)8-7-17(22)4/h7-14,16,26H,6,15H2,1-5H3,(H2,24,25,29). The van der Waals surface area contributed by atoms with Gasteiger partial charge in [0.2, 0.25) is 0 Å². The van der Waals surface area contributed by atoms with Gasteiger partial charge in [-0.05, 0) is 61.2 Å². The molecule has 1 heterocycles. The number of nitrogens with one attached hydrogen (secondary N) is 3. The molecular formula is C23H31N5O2. The van der Waals surface area contributed by atoms with E-state index < -0.39 is 0 Å². The second-order valence-corrected chi connectivity index (χ2v) is 7.63. The number of rotatable bonds is 7. The lowest BCUT2D eigenvalue weighted by Crippen LogP contribution is -2.39. The Bertz CT molecular complexity index is 908. The summed E-state index contributed by atoms with van der Waals surface area (Å²) in [5, 5.41) is 9.72. The zero-order valence-electron chi connectivity index (χ0n) is 18.3. The Hall–Kier alpha value is -3.03. The highest BCUT2D eigenvalue weighted by atomic mass is 16.5. The second kappa shape index (κ2) is 9.65. The van der Waals surface area contributed by atoms with Gasteiger partial charge in [0.1, 0.15) is 0 Å². The highest BCUT2D eigenvalue weighted by Crippen LogP contribution is 2.24. The lowest BCUT2D eigenvalue weighted by molar-refractivity contribution is 0.158. The van der Waals surface area contributed by atoms with Crippen LogP contribution in [0.25, 0.3) is 0 Å². The maximum atomic E-state index is 12.5. The van der Waals surface area contributed by atoms with Crippen molar-refractivity contribution in [2.75, 3.05) is 35.9 Å². The molecule has 0 aliphatic carbocycles. The number of hydrogen-bond acceptors (Lipinski definition) is 5. The molecule has 0 bridgehead atoms. The van der Waals surface area contributed by atoms with E-state index in [0.29, 0.717) is 19.1 Å². The normalized spacial score (nSPS) is 13.9. The number of aryl methyl sites for hydroxylation is 1. The largest absolute Gasteiger partial charge is 0.375 e. The van der Waals surface area contributed by atoms with Crippen molar-refractivity contribution < 1.29 is 9.53 Å². The summed E-state index contributed by atoms with van der Waals surface area (Å²) in [7, 11) is 1.93. The molecule has 1 aliphatic rings. The third-order valence-corrected chi connectivity index (χ3v) is 4.93. The summed E-state index contributed by atoms with van der Waals surface area (Å²) in [6.45, 7) is 9.45. The molecule has 3 rings (SSSR count). The number of hydrazine groups is 2. The predicted octanol–water partition coefficient (Wildman–Crippen LogP) is 4.81.